The molecule has 1 aliphatic rings. The highest BCUT2D eigenvalue weighted by Crippen LogP contribution is 2.34. The predicted octanol–water partition coefficient (Wildman–Crippen LogP) is 1.77. The van der Waals surface area contributed by atoms with Crippen molar-refractivity contribution in [2.45, 2.75) is 58.9 Å². The molecule has 1 heterocycles. The average molecular weight is 284 g/mol. The van der Waals surface area contributed by atoms with E-state index in [0.717, 1.165) is 38.8 Å². The van der Waals surface area contributed by atoms with Crippen molar-refractivity contribution in [3.05, 3.63) is 0 Å². The van der Waals surface area contributed by atoms with E-state index in [1.54, 1.807) is 0 Å². The van der Waals surface area contributed by atoms with Crippen molar-refractivity contribution >= 4 is 11.9 Å². The Bertz CT molecular complexity index is 331. The standard InChI is InChI=1S/C15H28N2O3/c1-4-5-15(6-8-16-9-7-15)14(20)17-12(11(2)3)10-13(18)19/h11-12,16H,4-10H2,1-3H3,(H,17,20)(H,18,19). The second-order valence-corrected chi connectivity index (χ2v) is 6.20. The zero-order chi connectivity index (χ0) is 15.2. The molecule has 1 saturated heterocycles. The van der Waals surface area contributed by atoms with Crippen molar-refractivity contribution in [2.75, 3.05) is 13.1 Å². The van der Waals surface area contributed by atoms with Crippen LogP contribution in [0.5, 0.6) is 0 Å². The van der Waals surface area contributed by atoms with Crippen molar-refractivity contribution in [1.29, 1.82) is 0 Å². The average Bonchev–Trinajstić information content (AvgIpc) is 2.38. The van der Waals surface area contributed by atoms with Gasteiger partial charge in [0.2, 0.25) is 5.91 Å². The zero-order valence-corrected chi connectivity index (χ0v) is 12.9. The van der Waals surface area contributed by atoms with Gasteiger partial charge in [0.1, 0.15) is 0 Å². The number of piperidine rings is 1. The number of hydrogen-bond acceptors (Lipinski definition) is 3. The molecule has 0 saturated carbocycles. The first-order valence-corrected chi connectivity index (χ1v) is 7.65. The quantitative estimate of drug-likeness (QED) is 0.666. The topological polar surface area (TPSA) is 78.4 Å². The van der Waals surface area contributed by atoms with E-state index in [4.69, 9.17) is 5.11 Å². The fourth-order valence-electron chi connectivity index (χ4n) is 2.94. The van der Waals surface area contributed by atoms with Crippen LogP contribution >= 0.6 is 0 Å². The minimum atomic E-state index is -0.862. The van der Waals surface area contributed by atoms with Crippen LogP contribution in [0.3, 0.4) is 0 Å². The molecule has 0 aromatic rings. The van der Waals surface area contributed by atoms with Crippen LogP contribution in [0.4, 0.5) is 0 Å². The van der Waals surface area contributed by atoms with E-state index in [-0.39, 0.29) is 29.7 Å². The second kappa shape index (κ2) is 7.62. The van der Waals surface area contributed by atoms with Gasteiger partial charge in [-0.2, -0.15) is 0 Å². The van der Waals surface area contributed by atoms with Crippen LogP contribution in [-0.2, 0) is 9.59 Å². The summed E-state index contributed by atoms with van der Waals surface area (Å²) >= 11 is 0. The highest BCUT2D eigenvalue weighted by Gasteiger charge is 2.39. The number of carbonyl (C=O) groups excluding carboxylic acids is 1. The number of hydrogen-bond donors (Lipinski definition) is 3. The second-order valence-electron chi connectivity index (χ2n) is 6.20. The summed E-state index contributed by atoms with van der Waals surface area (Å²) in [6.07, 6.45) is 3.51. The van der Waals surface area contributed by atoms with Crippen molar-refractivity contribution in [3.63, 3.8) is 0 Å². The molecule has 116 valence electrons. The van der Waals surface area contributed by atoms with Crippen LogP contribution in [0, 0.1) is 11.3 Å². The zero-order valence-electron chi connectivity index (χ0n) is 12.9. The third kappa shape index (κ3) is 4.47. The van der Waals surface area contributed by atoms with E-state index in [0.29, 0.717) is 0 Å². The Morgan fingerprint density at radius 3 is 2.35 bits per heavy atom. The Balaban J connectivity index is 2.75. The van der Waals surface area contributed by atoms with Gasteiger partial charge in [0.05, 0.1) is 11.8 Å². The van der Waals surface area contributed by atoms with Crippen molar-refractivity contribution < 1.29 is 14.7 Å². The Labute approximate surface area is 121 Å². The molecule has 0 spiro atoms. The Kier molecular flexibility index (Phi) is 6.46. The monoisotopic (exact) mass is 284 g/mol. The van der Waals surface area contributed by atoms with Crippen LogP contribution < -0.4 is 10.6 Å². The van der Waals surface area contributed by atoms with Gasteiger partial charge in [-0.25, -0.2) is 0 Å². The van der Waals surface area contributed by atoms with Gasteiger partial charge >= 0.3 is 5.97 Å². The predicted molar refractivity (Wildman–Crippen MR) is 78.5 cm³/mol. The molecule has 0 aliphatic carbocycles. The highest BCUT2D eigenvalue weighted by atomic mass is 16.4. The van der Waals surface area contributed by atoms with Gasteiger partial charge in [-0.05, 0) is 38.3 Å². The van der Waals surface area contributed by atoms with Crippen molar-refractivity contribution in [1.82, 2.24) is 10.6 Å². The number of carbonyl (C=O) groups is 2. The van der Waals surface area contributed by atoms with Crippen LogP contribution in [0.25, 0.3) is 0 Å². The number of carboxylic acids is 1. The fraction of sp³-hybridized carbons (Fsp3) is 0.867. The van der Waals surface area contributed by atoms with Gasteiger partial charge in [0.25, 0.3) is 0 Å². The lowest BCUT2D eigenvalue weighted by Gasteiger charge is -2.37. The van der Waals surface area contributed by atoms with Crippen molar-refractivity contribution in [3.8, 4) is 0 Å². The number of carboxylic acid groups (broad SMARTS) is 1. The van der Waals surface area contributed by atoms with E-state index < -0.39 is 5.97 Å². The molecule has 1 aliphatic heterocycles. The maximum Gasteiger partial charge on any atom is 0.305 e. The number of nitrogens with one attached hydrogen (secondary N) is 2. The number of aliphatic carboxylic acids is 1. The van der Waals surface area contributed by atoms with Gasteiger partial charge in [-0.3, -0.25) is 9.59 Å². The summed E-state index contributed by atoms with van der Waals surface area (Å²) in [5.74, 6) is -0.699. The fourth-order valence-corrected chi connectivity index (χ4v) is 2.94. The maximum atomic E-state index is 12.7. The van der Waals surface area contributed by atoms with Gasteiger partial charge in [0, 0.05) is 6.04 Å². The molecule has 1 unspecified atom stereocenters. The summed E-state index contributed by atoms with van der Waals surface area (Å²) in [5, 5.41) is 15.2. The van der Waals surface area contributed by atoms with E-state index in [1.165, 1.54) is 0 Å². The number of rotatable bonds is 7. The van der Waals surface area contributed by atoms with Gasteiger partial charge < -0.3 is 15.7 Å². The lowest BCUT2D eigenvalue weighted by atomic mass is 9.74. The maximum absolute atomic E-state index is 12.7. The van der Waals surface area contributed by atoms with Crippen LogP contribution in [0.1, 0.15) is 52.9 Å². The molecule has 1 fully saturated rings. The van der Waals surface area contributed by atoms with E-state index >= 15 is 0 Å². The minimum absolute atomic E-state index is 0.0101. The molecular formula is C15H28N2O3. The minimum Gasteiger partial charge on any atom is -0.481 e. The highest BCUT2D eigenvalue weighted by molar-refractivity contribution is 5.83. The van der Waals surface area contributed by atoms with Gasteiger partial charge in [-0.1, -0.05) is 27.2 Å². The molecule has 0 bridgehead atoms. The normalized spacial score (nSPS) is 19.6. The molecule has 20 heavy (non-hydrogen) atoms. The third-order valence-corrected chi connectivity index (χ3v) is 4.29. The van der Waals surface area contributed by atoms with E-state index in [2.05, 4.69) is 17.6 Å². The molecule has 5 nitrogen and oxygen atoms in total. The smallest absolute Gasteiger partial charge is 0.305 e. The molecule has 1 atom stereocenters. The summed E-state index contributed by atoms with van der Waals surface area (Å²) in [6.45, 7) is 7.71. The Morgan fingerprint density at radius 1 is 1.30 bits per heavy atom. The molecule has 0 radical (unpaired) electrons. The largest absolute Gasteiger partial charge is 0.481 e. The summed E-state index contributed by atoms with van der Waals surface area (Å²) in [6, 6.07) is -0.288. The molecule has 0 aromatic heterocycles. The lowest BCUT2D eigenvalue weighted by molar-refractivity contribution is -0.139. The van der Waals surface area contributed by atoms with E-state index in [9.17, 15) is 9.59 Å². The van der Waals surface area contributed by atoms with Crippen LogP contribution in [0.2, 0.25) is 0 Å². The van der Waals surface area contributed by atoms with Gasteiger partial charge in [0.15, 0.2) is 0 Å². The van der Waals surface area contributed by atoms with Crippen LogP contribution in [-0.4, -0.2) is 36.1 Å². The first kappa shape index (κ1) is 17.0. The Hall–Kier alpha value is -1.10. The molecule has 1 rings (SSSR count). The lowest BCUT2D eigenvalue weighted by Crippen LogP contribution is -2.51. The summed E-state index contributed by atoms with van der Waals surface area (Å²) < 4.78 is 0. The van der Waals surface area contributed by atoms with Gasteiger partial charge in [-0.15, -0.1) is 0 Å². The van der Waals surface area contributed by atoms with Crippen LogP contribution in [0.15, 0.2) is 0 Å². The molecule has 5 heteroatoms. The molecular weight excluding hydrogens is 256 g/mol. The summed E-state index contributed by atoms with van der Waals surface area (Å²) in [4.78, 5) is 23.6. The van der Waals surface area contributed by atoms with E-state index in [1.807, 2.05) is 13.8 Å². The molecule has 0 aromatic carbocycles. The molecule has 1 amide bonds. The SMILES string of the molecule is CCCC1(C(=O)NC(CC(=O)O)C(C)C)CCNCC1. The summed E-state index contributed by atoms with van der Waals surface area (Å²) in [7, 11) is 0. The van der Waals surface area contributed by atoms with Crippen molar-refractivity contribution in [2.24, 2.45) is 11.3 Å². The molecule has 3 N–H and O–H groups in total. The first-order chi connectivity index (χ1) is 9.41. The third-order valence-electron chi connectivity index (χ3n) is 4.29. The Morgan fingerprint density at radius 2 is 1.90 bits per heavy atom. The summed E-state index contributed by atoms with van der Waals surface area (Å²) in [5.41, 5.74) is -0.314. The first-order valence-electron chi connectivity index (χ1n) is 7.65. The number of amides is 1.